The van der Waals surface area contributed by atoms with E-state index in [0.717, 1.165) is 9.87 Å². The molecular formula is C18H18N2O4S. The van der Waals surface area contributed by atoms with E-state index in [1.165, 1.54) is 19.2 Å². The molecule has 130 valence electrons. The lowest BCUT2D eigenvalue weighted by Gasteiger charge is -2.16. The molecule has 2 aromatic rings. The first kappa shape index (κ1) is 18.6. The molecule has 0 aliphatic heterocycles. The Morgan fingerprint density at radius 1 is 1.16 bits per heavy atom. The predicted octanol–water partition coefficient (Wildman–Crippen LogP) is 2.23. The lowest BCUT2D eigenvalue weighted by Crippen LogP contribution is -2.33. The second-order valence-corrected chi connectivity index (χ2v) is 7.55. The van der Waals surface area contributed by atoms with Gasteiger partial charge in [0.2, 0.25) is 10.0 Å². The number of sulfonamides is 1. The first-order chi connectivity index (χ1) is 11.8. The van der Waals surface area contributed by atoms with Crippen LogP contribution in [0.3, 0.4) is 0 Å². The Hall–Kier alpha value is -2.69. The van der Waals surface area contributed by atoms with Crippen molar-refractivity contribution in [1.82, 2.24) is 4.31 Å². The molecular weight excluding hydrogens is 340 g/mol. The van der Waals surface area contributed by atoms with E-state index in [2.05, 4.69) is 0 Å². The Morgan fingerprint density at radius 3 is 2.44 bits per heavy atom. The van der Waals surface area contributed by atoms with Gasteiger partial charge in [0.15, 0.2) is 0 Å². The Bertz CT molecular complexity index is 899. The molecule has 0 spiro atoms. The van der Waals surface area contributed by atoms with Crippen molar-refractivity contribution < 1.29 is 17.9 Å². The highest BCUT2D eigenvalue weighted by Gasteiger charge is 2.23. The molecule has 0 saturated heterocycles. The predicted molar refractivity (Wildman–Crippen MR) is 91.9 cm³/mol. The molecule has 0 aliphatic rings. The average molecular weight is 358 g/mol. The molecule has 2 rings (SSSR count). The first-order valence-corrected chi connectivity index (χ1v) is 8.95. The SMILES string of the molecule is Cc1ccc(S(=O)(=O)N(C)CC(=O)OCc2ccccc2C#N)cc1. The summed E-state index contributed by atoms with van der Waals surface area (Å²) in [7, 11) is -2.45. The number of aryl methyl sites for hydroxylation is 1. The van der Waals surface area contributed by atoms with E-state index < -0.39 is 22.5 Å². The highest BCUT2D eigenvalue weighted by Crippen LogP contribution is 2.15. The number of carbonyl (C=O) groups is 1. The molecule has 2 aromatic carbocycles. The molecule has 0 aromatic heterocycles. The van der Waals surface area contributed by atoms with Gasteiger partial charge in [-0.3, -0.25) is 4.79 Å². The van der Waals surface area contributed by atoms with Crippen LogP contribution in [0.2, 0.25) is 0 Å². The molecule has 0 bridgehead atoms. The van der Waals surface area contributed by atoms with Crippen molar-refractivity contribution in [3.05, 3.63) is 65.2 Å². The van der Waals surface area contributed by atoms with Gasteiger partial charge in [-0.05, 0) is 25.1 Å². The highest BCUT2D eigenvalue weighted by atomic mass is 32.2. The van der Waals surface area contributed by atoms with Crippen LogP contribution in [-0.4, -0.2) is 32.3 Å². The lowest BCUT2D eigenvalue weighted by atomic mass is 10.1. The largest absolute Gasteiger partial charge is 0.460 e. The van der Waals surface area contributed by atoms with Crippen LogP contribution in [0.1, 0.15) is 16.7 Å². The Labute approximate surface area is 147 Å². The molecule has 0 fully saturated rings. The number of likely N-dealkylation sites (N-methyl/N-ethyl adjacent to an activating group) is 1. The highest BCUT2D eigenvalue weighted by molar-refractivity contribution is 7.89. The quantitative estimate of drug-likeness (QED) is 0.739. The van der Waals surface area contributed by atoms with E-state index in [9.17, 15) is 13.2 Å². The van der Waals surface area contributed by atoms with E-state index in [0.29, 0.717) is 11.1 Å². The van der Waals surface area contributed by atoms with Crippen LogP contribution in [-0.2, 0) is 26.2 Å². The van der Waals surface area contributed by atoms with Crippen LogP contribution in [0.5, 0.6) is 0 Å². The van der Waals surface area contributed by atoms with Crippen LogP contribution >= 0.6 is 0 Å². The molecule has 25 heavy (non-hydrogen) atoms. The number of nitriles is 1. The minimum atomic E-state index is -3.77. The summed E-state index contributed by atoms with van der Waals surface area (Å²) >= 11 is 0. The third-order valence-corrected chi connectivity index (χ3v) is 5.43. The molecule has 0 N–H and O–H groups in total. The normalized spacial score (nSPS) is 11.1. The van der Waals surface area contributed by atoms with Crippen LogP contribution in [0.15, 0.2) is 53.4 Å². The molecule has 0 unspecified atom stereocenters. The summed E-state index contributed by atoms with van der Waals surface area (Å²) in [6.07, 6.45) is 0. The van der Waals surface area contributed by atoms with Crippen molar-refractivity contribution in [2.75, 3.05) is 13.6 Å². The van der Waals surface area contributed by atoms with Crippen molar-refractivity contribution in [3.8, 4) is 6.07 Å². The maximum Gasteiger partial charge on any atom is 0.321 e. The minimum absolute atomic E-state index is 0.0824. The fraction of sp³-hybridized carbons (Fsp3) is 0.222. The van der Waals surface area contributed by atoms with E-state index in [4.69, 9.17) is 10.00 Å². The number of benzene rings is 2. The van der Waals surface area contributed by atoms with Crippen molar-refractivity contribution >= 4 is 16.0 Å². The number of ether oxygens (including phenoxy) is 1. The van der Waals surface area contributed by atoms with Gasteiger partial charge < -0.3 is 4.74 Å². The van der Waals surface area contributed by atoms with Crippen LogP contribution < -0.4 is 0 Å². The van der Waals surface area contributed by atoms with Crippen molar-refractivity contribution in [3.63, 3.8) is 0 Å². The fourth-order valence-electron chi connectivity index (χ4n) is 2.12. The zero-order valence-corrected chi connectivity index (χ0v) is 14.8. The van der Waals surface area contributed by atoms with Gasteiger partial charge in [-0.15, -0.1) is 0 Å². The van der Waals surface area contributed by atoms with Crippen molar-refractivity contribution in [1.29, 1.82) is 5.26 Å². The van der Waals surface area contributed by atoms with Crippen LogP contribution in [0.25, 0.3) is 0 Å². The molecule has 6 nitrogen and oxygen atoms in total. The lowest BCUT2D eigenvalue weighted by molar-refractivity contribution is -0.144. The van der Waals surface area contributed by atoms with E-state index >= 15 is 0 Å². The second-order valence-electron chi connectivity index (χ2n) is 5.50. The summed E-state index contributed by atoms with van der Waals surface area (Å²) in [5, 5.41) is 9.00. The van der Waals surface area contributed by atoms with Crippen molar-refractivity contribution in [2.45, 2.75) is 18.4 Å². The second kappa shape index (κ2) is 7.92. The summed E-state index contributed by atoms with van der Waals surface area (Å²) in [6.45, 7) is 1.36. The average Bonchev–Trinajstić information content (AvgIpc) is 2.60. The molecule has 0 saturated carbocycles. The van der Waals surface area contributed by atoms with Gasteiger partial charge in [0.1, 0.15) is 13.2 Å². The van der Waals surface area contributed by atoms with Gasteiger partial charge >= 0.3 is 5.97 Å². The number of hydrogen-bond donors (Lipinski definition) is 0. The summed E-state index contributed by atoms with van der Waals surface area (Å²) in [6, 6.07) is 15.1. The van der Waals surface area contributed by atoms with Gasteiger partial charge in [-0.2, -0.15) is 9.57 Å². The molecule has 0 heterocycles. The Morgan fingerprint density at radius 2 is 1.80 bits per heavy atom. The van der Waals surface area contributed by atoms with Crippen LogP contribution in [0, 0.1) is 18.3 Å². The molecule has 7 heteroatoms. The zero-order valence-electron chi connectivity index (χ0n) is 14.0. The molecule has 0 atom stereocenters. The number of carbonyl (C=O) groups excluding carboxylic acids is 1. The third-order valence-electron chi connectivity index (χ3n) is 3.61. The molecule has 0 aliphatic carbocycles. The summed E-state index contributed by atoms with van der Waals surface area (Å²) in [5.74, 6) is -0.689. The van der Waals surface area contributed by atoms with E-state index in [1.54, 1.807) is 36.4 Å². The van der Waals surface area contributed by atoms with Gasteiger partial charge in [0.25, 0.3) is 0 Å². The summed E-state index contributed by atoms with van der Waals surface area (Å²) in [4.78, 5) is 12.1. The Kier molecular flexibility index (Phi) is 5.91. The van der Waals surface area contributed by atoms with E-state index in [-0.39, 0.29) is 11.5 Å². The smallest absolute Gasteiger partial charge is 0.321 e. The zero-order chi connectivity index (χ0) is 18.4. The number of nitrogens with zero attached hydrogens (tertiary/aromatic N) is 2. The molecule has 0 radical (unpaired) electrons. The van der Waals surface area contributed by atoms with Gasteiger partial charge in [0.05, 0.1) is 16.5 Å². The van der Waals surface area contributed by atoms with Gasteiger partial charge in [0, 0.05) is 12.6 Å². The minimum Gasteiger partial charge on any atom is -0.460 e. The number of hydrogen-bond acceptors (Lipinski definition) is 5. The van der Waals surface area contributed by atoms with Crippen LogP contribution in [0.4, 0.5) is 0 Å². The first-order valence-electron chi connectivity index (χ1n) is 7.51. The van der Waals surface area contributed by atoms with Crippen molar-refractivity contribution in [2.24, 2.45) is 0 Å². The number of esters is 1. The fourth-order valence-corrected chi connectivity index (χ4v) is 3.23. The third kappa shape index (κ3) is 4.66. The maximum atomic E-state index is 12.4. The van der Waals surface area contributed by atoms with E-state index in [1.807, 2.05) is 13.0 Å². The summed E-state index contributed by atoms with van der Waals surface area (Å²) in [5.41, 5.74) is 1.93. The topological polar surface area (TPSA) is 87.5 Å². The summed E-state index contributed by atoms with van der Waals surface area (Å²) < 4.78 is 30.9. The Balaban J connectivity index is 2.00. The number of rotatable bonds is 6. The maximum absolute atomic E-state index is 12.4. The van der Waals surface area contributed by atoms with Gasteiger partial charge in [-0.1, -0.05) is 35.9 Å². The standard InChI is InChI=1S/C18H18N2O4S/c1-14-7-9-17(10-8-14)25(22,23)20(2)12-18(21)24-13-16-6-4-3-5-15(16)11-19/h3-10H,12-13H2,1-2H3. The molecule has 0 amide bonds. The monoisotopic (exact) mass is 358 g/mol. The van der Waals surface area contributed by atoms with Gasteiger partial charge in [-0.25, -0.2) is 8.42 Å².